The fourth-order valence-corrected chi connectivity index (χ4v) is 8.56. The van der Waals surface area contributed by atoms with E-state index in [1.54, 1.807) is 36.4 Å². The van der Waals surface area contributed by atoms with Gasteiger partial charge in [0, 0.05) is 49.6 Å². The molecule has 18 nitrogen and oxygen atoms in total. The Morgan fingerprint density at radius 2 is 1.06 bits per heavy atom. The minimum absolute atomic E-state index is 0.0974. The van der Waals surface area contributed by atoms with E-state index in [9.17, 15) is 19.2 Å². The number of H-pyrrole nitrogens is 2. The number of aromatic nitrogens is 4. The Labute approximate surface area is 386 Å². The highest BCUT2D eigenvalue weighted by molar-refractivity contribution is 5.87. The fraction of sp³-hybridized carbons (Fsp3) is 0.542. The van der Waals surface area contributed by atoms with Crippen LogP contribution in [0.4, 0.5) is 9.59 Å². The van der Waals surface area contributed by atoms with Crippen LogP contribution < -0.4 is 20.1 Å². The van der Waals surface area contributed by atoms with Crippen LogP contribution >= 0.6 is 0 Å². The van der Waals surface area contributed by atoms with E-state index in [4.69, 9.17) is 38.4 Å². The van der Waals surface area contributed by atoms with Crippen LogP contribution in [0.3, 0.4) is 0 Å². The monoisotopic (exact) mass is 914 g/mol. The van der Waals surface area contributed by atoms with Crippen molar-refractivity contribution in [2.45, 2.75) is 90.4 Å². The number of benzene rings is 2. The lowest BCUT2D eigenvalue weighted by Crippen LogP contribution is -2.51. The summed E-state index contributed by atoms with van der Waals surface area (Å²) in [6, 6.07) is 9.82. The van der Waals surface area contributed by atoms with Gasteiger partial charge in [0.15, 0.2) is 0 Å². The highest BCUT2D eigenvalue weighted by Gasteiger charge is 2.39. The van der Waals surface area contributed by atoms with E-state index in [2.05, 4.69) is 20.6 Å². The van der Waals surface area contributed by atoms with E-state index >= 15 is 0 Å². The number of nitrogens with one attached hydrogen (secondary N) is 4. The summed E-state index contributed by atoms with van der Waals surface area (Å²) in [5, 5.41) is 5.50. The largest absolute Gasteiger partial charge is 0.491 e. The second-order valence-corrected chi connectivity index (χ2v) is 16.8. The summed E-state index contributed by atoms with van der Waals surface area (Å²) in [5.41, 5.74) is 4.72. The highest BCUT2D eigenvalue weighted by atomic mass is 16.5. The summed E-state index contributed by atoms with van der Waals surface area (Å²) in [6.45, 7) is 10.3. The molecule has 4 heterocycles. The first-order valence-electron chi connectivity index (χ1n) is 22.9. The van der Waals surface area contributed by atoms with E-state index in [1.807, 2.05) is 64.1 Å². The standard InChI is InChI=1S/C48H66N8O10/c1-9-29(3)41(53-47(59)63-7)45(57)55-19-11-13-37(55)43-49-27-35(51-43)31-15-17-33(39(25-31)65-23-21-61-5)34-18-16-32(26-40(34)66-24-22-62-6)36-28-50-44(52-36)38-14-12-20-56(38)46(58)42(30(4)10-2)54-48(60)64-8/h15-18,25-30,37-38,41-42H,9-14,19-24H2,1-8H3,(H,49,51)(H,50,52)(H,53,59)(H,54,60). The maximum atomic E-state index is 13.9. The van der Waals surface area contributed by atoms with Gasteiger partial charge < -0.3 is 58.8 Å². The van der Waals surface area contributed by atoms with Crippen molar-refractivity contribution in [2.75, 3.05) is 68.0 Å². The second-order valence-electron chi connectivity index (χ2n) is 16.8. The Bertz CT molecular complexity index is 2110. The third-order valence-electron chi connectivity index (χ3n) is 12.7. The van der Waals surface area contributed by atoms with E-state index in [1.165, 1.54) is 14.2 Å². The number of hydrogen-bond donors (Lipinski definition) is 4. The number of methoxy groups -OCH3 is 4. The van der Waals surface area contributed by atoms with Crippen molar-refractivity contribution >= 4 is 24.0 Å². The normalized spacial score (nSPS) is 17.8. The van der Waals surface area contributed by atoms with Crippen LogP contribution in [0.15, 0.2) is 48.8 Å². The second kappa shape index (κ2) is 23.4. The molecule has 4 amide bonds. The van der Waals surface area contributed by atoms with E-state index in [0.717, 1.165) is 59.3 Å². The van der Waals surface area contributed by atoms with Crippen LogP contribution in [0.5, 0.6) is 11.5 Å². The van der Waals surface area contributed by atoms with Gasteiger partial charge in [0.2, 0.25) is 11.8 Å². The molecular weight excluding hydrogens is 849 g/mol. The van der Waals surface area contributed by atoms with Gasteiger partial charge >= 0.3 is 12.2 Å². The third-order valence-corrected chi connectivity index (χ3v) is 12.7. The molecule has 6 unspecified atom stereocenters. The Balaban J connectivity index is 1.28. The molecule has 0 bridgehead atoms. The molecule has 358 valence electrons. The molecule has 66 heavy (non-hydrogen) atoms. The lowest BCUT2D eigenvalue weighted by atomic mass is 9.97. The van der Waals surface area contributed by atoms with Crippen molar-refractivity contribution in [3.63, 3.8) is 0 Å². The number of carbonyl (C=O) groups is 4. The maximum absolute atomic E-state index is 13.9. The third kappa shape index (κ3) is 11.4. The van der Waals surface area contributed by atoms with Crippen molar-refractivity contribution in [1.82, 2.24) is 40.4 Å². The SMILES string of the molecule is CCC(C)C(NC(=O)OC)C(=O)N1CCCC1c1ncc(-c2ccc(-c3ccc(-c4cnc(C5CCCN5C(=O)C(NC(=O)OC)C(C)CC)[nH]4)cc3OCCOC)c(OCCOC)c2)[nH]1. The molecule has 2 saturated heterocycles. The number of rotatable bonds is 21. The Kier molecular flexibility index (Phi) is 17.4. The average Bonchev–Trinajstić information content (AvgIpc) is 4.19. The zero-order valence-electron chi connectivity index (χ0n) is 39.4. The number of nitrogens with zero attached hydrogens (tertiary/aromatic N) is 4. The Hall–Kier alpha value is -6.14. The predicted molar refractivity (Wildman–Crippen MR) is 247 cm³/mol. The number of alkyl carbamates (subject to hydrolysis) is 2. The first-order valence-corrected chi connectivity index (χ1v) is 22.9. The Morgan fingerprint density at radius 1 is 0.652 bits per heavy atom. The zero-order chi connectivity index (χ0) is 47.3. The minimum atomic E-state index is -0.724. The van der Waals surface area contributed by atoms with Crippen molar-refractivity contribution in [2.24, 2.45) is 11.8 Å². The van der Waals surface area contributed by atoms with Crippen LogP contribution in [0.25, 0.3) is 33.6 Å². The molecule has 0 radical (unpaired) electrons. The van der Waals surface area contributed by atoms with Gasteiger partial charge in [-0.05, 0) is 61.8 Å². The van der Waals surface area contributed by atoms with Crippen molar-refractivity contribution in [1.29, 1.82) is 0 Å². The molecule has 2 fully saturated rings. The predicted octanol–water partition coefficient (Wildman–Crippen LogP) is 7.05. The van der Waals surface area contributed by atoms with E-state index in [0.29, 0.717) is 75.5 Å². The molecular formula is C48H66N8O10. The maximum Gasteiger partial charge on any atom is 0.407 e. The summed E-state index contributed by atoms with van der Waals surface area (Å²) < 4.78 is 33.1. The molecule has 2 aromatic heterocycles. The number of aromatic amines is 2. The van der Waals surface area contributed by atoms with Crippen LogP contribution in [0, 0.1) is 11.8 Å². The molecule has 0 saturated carbocycles. The molecule has 0 aliphatic carbocycles. The summed E-state index contributed by atoms with van der Waals surface area (Å²) in [6.07, 6.45) is 6.71. The quantitative estimate of drug-likeness (QED) is 0.0620. The lowest BCUT2D eigenvalue weighted by molar-refractivity contribution is -0.136. The van der Waals surface area contributed by atoms with Gasteiger partial charge in [-0.2, -0.15) is 0 Å². The number of amides is 4. The number of likely N-dealkylation sites (tertiary alicyclic amines) is 2. The number of imidazole rings is 2. The number of carbonyl (C=O) groups excluding carboxylic acids is 4. The molecule has 2 aromatic carbocycles. The molecule has 2 aliphatic heterocycles. The topological polar surface area (TPSA) is 212 Å². The molecule has 4 N–H and O–H groups in total. The molecule has 0 spiro atoms. The first-order chi connectivity index (χ1) is 32.0. The van der Waals surface area contributed by atoms with Crippen LogP contribution in [0.2, 0.25) is 0 Å². The first kappa shape index (κ1) is 49.3. The molecule has 2 aliphatic rings. The molecule has 18 heteroatoms. The smallest absolute Gasteiger partial charge is 0.407 e. The van der Waals surface area contributed by atoms with Crippen LogP contribution in [-0.2, 0) is 28.5 Å². The Morgan fingerprint density at radius 3 is 1.42 bits per heavy atom. The zero-order valence-corrected chi connectivity index (χ0v) is 39.4. The molecule has 6 atom stereocenters. The highest BCUT2D eigenvalue weighted by Crippen LogP contribution is 2.42. The van der Waals surface area contributed by atoms with Gasteiger partial charge in [-0.25, -0.2) is 19.6 Å². The van der Waals surface area contributed by atoms with Crippen molar-refractivity contribution < 1.29 is 47.6 Å². The summed E-state index contributed by atoms with van der Waals surface area (Å²) in [4.78, 5) is 72.3. The van der Waals surface area contributed by atoms with Gasteiger partial charge in [0.1, 0.15) is 48.4 Å². The van der Waals surface area contributed by atoms with Crippen molar-refractivity contribution in [3.05, 3.63) is 60.4 Å². The van der Waals surface area contributed by atoms with E-state index < -0.39 is 24.3 Å². The van der Waals surface area contributed by atoms with Crippen LogP contribution in [-0.4, -0.2) is 134 Å². The van der Waals surface area contributed by atoms with Gasteiger partial charge in [-0.3, -0.25) is 9.59 Å². The lowest BCUT2D eigenvalue weighted by Gasteiger charge is -2.30. The van der Waals surface area contributed by atoms with Crippen molar-refractivity contribution in [3.8, 4) is 45.1 Å². The number of hydrogen-bond acceptors (Lipinski definition) is 12. The minimum Gasteiger partial charge on any atom is -0.491 e. The van der Waals surface area contributed by atoms with Gasteiger partial charge in [0.05, 0.1) is 63.3 Å². The molecule has 4 aromatic rings. The summed E-state index contributed by atoms with van der Waals surface area (Å²) in [5.74, 6) is 1.99. The van der Waals surface area contributed by atoms with E-state index in [-0.39, 0.29) is 35.7 Å². The summed E-state index contributed by atoms with van der Waals surface area (Å²) >= 11 is 0. The van der Waals surface area contributed by atoms with Crippen LogP contribution in [0.1, 0.15) is 90.0 Å². The molecule has 6 rings (SSSR count). The number of ether oxygens (including phenoxy) is 6. The fourth-order valence-electron chi connectivity index (χ4n) is 8.56. The van der Waals surface area contributed by atoms with Gasteiger partial charge in [-0.1, -0.05) is 52.7 Å². The average molecular weight is 915 g/mol. The van der Waals surface area contributed by atoms with Gasteiger partial charge in [-0.15, -0.1) is 0 Å². The van der Waals surface area contributed by atoms with Gasteiger partial charge in [0.25, 0.3) is 0 Å². The summed E-state index contributed by atoms with van der Waals surface area (Å²) in [7, 11) is 5.82.